The second-order valence-corrected chi connectivity index (χ2v) is 5.52. The van der Waals surface area contributed by atoms with Gasteiger partial charge in [0.1, 0.15) is 6.10 Å². The monoisotopic (exact) mass is 304 g/mol. The molecule has 0 aliphatic carbocycles. The van der Waals surface area contributed by atoms with Gasteiger partial charge in [0.05, 0.1) is 13.2 Å². The van der Waals surface area contributed by atoms with Gasteiger partial charge in [-0.05, 0) is 19.4 Å². The smallest absolute Gasteiger partial charge is 0.257 e. The van der Waals surface area contributed by atoms with Gasteiger partial charge in [0.2, 0.25) is 5.88 Å². The van der Waals surface area contributed by atoms with Crippen molar-refractivity contribution in [1.29, 1.82) is 0 Å². The summed E-state index contributed by atoms with van der Waals surface area (Å²) in [5, 5.41) is 3.84. The van der Waals surface area contributed by atoms with Gasteiger partial charge in [-0.1, -0.05) is 11.2 Å². The Morgan fingerprint density at radius 2 is 2.23 bits per heavy atom. The van der Waals surface area contributed by atoms with Gasteiger partial charge in [0.15, 0.2) is 5.82 Å². The maximum absolute atomic E-state index is 5.92. The van der Waals surface area contributed by atoms with E-state index in [4.69, 9.17) is 14.0 Å². The molecule has 0 aromatic carbocycles. The van der Waals surface area contributed by atoms with Gasteiger partial charge >= 0.3 is 0 Å². The molecule has 3 heterocycles. The van der Waals surface area contributed by atoms with Crippen LogP contribution in [0.2, 0.25) is 0 Å². The number of pyridine rings is 1. The van der Waals surface area contributed by atoms with Gasteiger partial charge in [0.25, 0.3) is 5.89 Å². The van der Waals surface area contributed by atoms with E-state index in [2.05, 4.69) is 26.9 Å². The molecular formula is C15H20N4O3. The maximum atomic E-state index is 5.92. The van der Waals surface area contributed by atoms with Crippen LogP contribution < -0.4 is 4.74 Å². The Morgan fingerprint density at radius 3 is 2.86 bits per heavy atom. The molecule has 2 atom stereocenters. The van der Waals surface area contributed by atoms with Crippen molar-refractivity contribution in [3.8, 4) is 5.88 Å². The molecule has 2 aromatic rings. The van der Waals surface area contributed by atoms with Crippen molar-refractivity contribution >= 4 is 0 Å². The number of morpholine rings is 1. The van der Waals surface area contributed by atoms with Crippen LogP contribution in [0.25, 0.3) is 0 Å². The molecule has 0 radical (unpaired) electrons. The van der Waals surface area contributed by atoms with Crippen molar-refractivity contribution in [1.82, 2.24) is 20.0 Å². The van der Waals surface area contributed by atoms with E-state index < -0.39 is 0 Å². The molecule has 7 heteroatoms. The molecule has 1 saturated heterocycles. The standard InChI is InChI=1S/C15H20N4O3/c1-10-7-19(8-12-4-5-14(20-3)16-6-12)9-13(21-10)15-17-11(2)18-22-15/h4-6,10,13H,7-9H2,1-3H3/t10-,13-/m1/s1. The molecule has 0 bridgehead atoms. The van der Waals surface area contributed by atoms with Gasteiger partial charge in [0, 0.05) is 31.9 Å². The Bertz CT molecular complexity index is 614. The average molecular weight is 304 g/mol. The van der Waals surface area contributed by atoms with Gasteiger partial charge in [-0.15, -0.1) is 0 Å². The molecule has 1 aliphatic rings. The number of ether oxygens (including phenoxy) is 2. The van der Waals surface area contributed by atoms with E-state index in [1.165, 1.54) is 0 Å². The minimum absolute atomic E-state index is 0.108. The highest BCUT2D eigenvalue weighted by atomic mass is 16.5. The molecule has 0 unspecified atom stereocenters. The van der Waals surface area contributed by atoms with Crippen LogP contribution in [0.1, 0.15) is 30.3 Å². The Hall–Kier alpha value is -1.99. The van der Waals surface area contributed by atoms with Crippen LogP contribution >= 0.6 is 0 Å². The molecule has 118 valence electrons. The molecule has 22 heavy (non-hydrogen) atoms. The van der Waals surface area contributed by atoms with Gasteiger partial charge in [-0.3, -0.25) is 4.90 Å². The number of nitrogens with zero attached hydrogens (tertiary/aromatic N) is 4. The first kappa shape index (κ1) is 14.9. The first-order chi connectivity index (χ1) is 10.6. The van der Waals surface area contributed by atoms with Crippen molar-refractivity contribution in [3.63, 3.8) is 0 Å². The predicted octanol–water partition coefficient (Wildman–Crippen LogP) is 1.74. The molecule has 7 nitrogen and oxygen atoms in total. The maximum Gasteiger partial charge on any atom is 0.257 e. The highest BCUT2D eigenvalue weighted by Gasteiger charge is 2.30. The number of methoxy groups -OCH3 is 1. The Labute approximate surface area is 129 Å². The third-order valence-electron chi connectivity index (χ3n) is 3.57. The zero-order valence-corrected chi connectivity index (χ0v) is 13.0. The Morgan fingerprint density at radius 1 is 1.36 bits per heavy atom. The van der Waals surface area contributed by atoms with Crippen molar-refractivity contribution in [2.45, 2.75) is 32.6 Å². The van der Waals surface area contributed by atoms with Crippen LogP contribution in [0.15, 0.2) is 22.9 Å². The zero-order valence-electron chi connectivity index (χ0n) is 13.0. The molecule has 3 rings (SSSR count). The van der Waals surface area contributed by atoms with E-state index in [-0.39, 0.29) is 12.2 Å². The van der Waals surface area contributed by atoms with E-state index >= 15 is 0 Å². The van der Waals surface area contributed by atoms with E-state index in [9.17, 15) is 0 Å². The SMILES string of the molecule is COc1ccc(CN2C[C@@H](C)O[C@@H](c3nc(C)no3)C2)cn1. The minimum atomic E-state index is -0.184. The third-order valence-corrected chi connectivity index (χ3v) is 3.57. The highest BCUT2D eigenvalue weighted by Crippen LogP contribution is 2.25. The lowest BCUT2D eigenvalue weighted by Gasteiger charge is -2.35. The molecule has 0 spiro atoms. The lowest BCUT2D eigenvalue weighted by Crippen LogP contribution is -2.42. The zero-order chi connectivity index (χ0) is 15.5. The lowest BCUT2D eigenvalue weighted by molar-refractivity contribution is -0.0930. The number of rotatable bonds is 4. The van der Waals surface area contributed by atoms with Crippen LogP contribution in [-0.4, -0.2) is 46.3 Å². The highest BCUT2D eigenvalue weighted by molar-refractivity contribution is 5.17. The molecule has 1 fully saturated rings. The quantitative estimate of drug-likeness (QED) is 0.851. The summed E-state index contributed by atoms with van der Waals surface area (Å²) in [5.74, 6) is 1.79. The largest absolute Gasteiger partial charge is 0.481 e. The molecule has 0 N–H and O–H groups in total. The van der Waals surface area contributed by atoms with Gasteiger partial charge in [-0.2, -0.15) is 4.98 Å². The summed E-state index contributed by atoms with van der Waals surface area (Å²) in [5.41, 5.74) is 1.13. The second-order valence-electron chi connectivity index (χ2n) is 5.52. The van der Waals surface area contributed by atoms with E-state index in [1.54, 1.807) is 14.0 Å². The summed E-state index contributed by atoms with van der Waals surface area (Å²) in [6.07, 6.45) is 1.76. The summed E-state index contributed by atoms with van der Waals surface area (Å²) < 4.78 is 16.2. The summed E-state index contributed by atoms with van der Waals surface area (Å²) in [4.78, 5) is 10.8. The van der Waals surface area contributed by atoms with E-state index in [0.29, 0.717) is 17.6 Å². The first-order valence-electron chi connectivity index (χ1n) is 7.31. The van der Waals surface area contributed by atoms with E-state index in [1.807, 2.05) is 18.3 Å². The summed E-state index contributed by atoms with van der Waals surface area (Å²) in [6.45, 7) is 6.23. The van der Waals surface area contributed by atoms with Crippen molar-refractivity contribution in [2.75, 3.05) is 20.2 Å². The Kier molecular flexibility index (Phi) is 4.35. The molecular weight excluding hydrogens is 284 g/mol. The van der Waals surface area contributed by atoms with Crippen LogP contribution in [-0.2, 0) is 11.3 Å². The molecule has 0 saturated carbocycles. The lowest BCUT2D eigenvalue weighted by atomic mass is 10.2. The number of aromatic nitrogens is 3. The van der Waals surface area contributed by atoms with Gasteiger partial charge < -0.3 is 14.0 Å². The Balaban J connectivity index is 1.67. The van der Waals surface area contributed by atoms with Crippen molar-refractivity contribution in [2.24, 2.45) is 0 Å². The van der Waals surface area contributed by atoms with Crippen molar-refractivity contribution < 1.29 is 14.0 Å². The number of hydrogen-bond donors (Lipinski definition) is 0. The van der Waals surface area contributed by atoms with E-state index in [0.717, 1.165) is 25.2 Å². The van der Waals surface area contributed by atoms with Crippen LogP contribution in [0.3, 0.4) is 0 Å². The third kappa shape index (κ3) is 3.42. The summed E-state index contributed by atoms with van der Waals surface area (Å²) in [6, 6.07) is 3.90. The molecule has 0 amide bonds. The van der Waals surface area contributed by atoms with Crippen LogP contribution in [0.4, 0.5) is 0 Å². The predicted molar refractivity (Wildman–Crippen MR) is 78.4 cm³/mol. The van der Waals surface area contributed by atoms with Crippen molar-refractivity contribution in [3.05, 3.63) is 35.6 Å². The number of aryl methyl sites for hydroxylation is 1. The fraction of sp³-hybridized carbons (Fsp3) is 0.533. The minimum Gasteiger partial charge on any atom is -0.481 e. The van der Waals surface area contributed by atoms with Crippen LogP contribution in [0, 0.1) is 6.92 Å². The summed E-state index contributed by atoms with van der Waals surface area (Å²) in [7, 11) is 1.61. The van der Waals surface area contributed by atoms with Crippen LogP contribution in [0.5, 0.6) is 5.88 Å². The average Bonchev–Trinajstić information content (AvgIpc) is 2.94. The fourth-order valence-electron chi connectivity index (χ4n) is 2.63. The first-order valence-corrected chi connectivity index (χ1v) is 7.31. The topological polar surface area (TPSA) is 73.5 Å². The molecule has 2 aromatic heterocycles. The fourth-order valence-corrected chi connectivity index (χ4v) is 2.63. The molecule has 1 aliphatic heterocycles. The normalized spacial score (nSPS) is 22.7. The number of hydrogen-bond acceptors (Lipinski definition) is 7. The summed E-state index contributed by atoms with van der Waals surface area (Å²) >= 11 is 0. The van der Waals surface area contributed by atoms with Gasteiger partial charge in [-0.25, -0.2) is 4.98 Å². The second kappa shape index (κ2) is 6.41.